The Morgan fingerprint density at radius 2 is 1.69 bits per heavy atom. The highest BCUT2D eigenvalue weighted by molar-refractivity contribution is 5.76. The van der Waals surface area contributed by atoms with E-state index in [0.717, 1.165) is 24.3 Å². The van der Waals surface area contributed by atoms with Gasteiger partial charge in [-0.15, -0.1) is 10.2 Å². The lowest BCUT2D eigenvalue weighted by Gasteiger charge is -2.36. The molecular weight excluding hydrogens is 371 g/mol. The van der Waals surface area contributed by atoms with Crippen LogP contribution in [0.25, 0.3) is 11.5 Å². The van der Waals surface area contributed by atoms with Gasteiger partial charge in [-0.2, -0.15) is 0 Å². The number of rotatable bonds is 5. The van der Waals surface area contributed by atoms with Crippen LogP contribution >= 0.6 is 0 Å². The molecule has 7 heteroatoms. The molecule has 1 aliphatic rings. The van der Waals surface area contributed by atoms with Gasteiger partial charge in [-0.05, 0) is 43.3 Å². The van der Waals surface area contributed by atoms with Gasteiger partial charge in [0.25, 0.3) is 0 Å². The van der Waals surface area contributed by atoms with Gasteiger partial charge in [-0.25, -0.2) is 4.39 Å². The highest BCUT2D eigenvalue weighted by atomic mass is 19.1. The second-order valence-electron chi connectivity index (χ2n) is 7.21. The summed E-state index contributed by atoms with van der Waals surface area (Å²) in [4.78, 5) is 16.6. The average molecular weight is 394 g/mol. The summed E-state index contributed by atoms with van der Waals surface area (Å²) in [5, 5.41) is 8.15. The molecule has 6 nitrogen and oxygen atoms in total. The standard InChI is InChI=1S/C22H23FN4O2/c1-16-2-4-17(5-3-16)22-25-24-20(29-22)10-11-21(28)27-14-12-26(13-15-27)19-8-6-18(23)7-9-19/h2-9H,10-15H2,1H3. The fourth-order valence-corrected chi connectivity index (χ4v) is 3.41. The van der Waals surface area contributed by atoms with Gasteiger partial charge in [0, 0.05) is 50.3 Å². The Labute approximate surface area is 169 Å². The molecular formula is C22H23FN4O2. The third-order valence-electron chi connectivity index (χ3n) is 5.14. The van der Waals surface area contributed by atoms with E-state index in [9.17, 15) is 9.18 Å². The number of carbonyl (C=O) groups is 1. The number of benzene rings is 2. The lowest BCUT2D eigenvalue weighted by molar-refractivity contribution is -0.131. The van der Waals surface area contributed by atoms with Crippen molar-refractivity contribution in [1.29, 1.82) is 0 Å². The molecule has 0 saturated carbocycles. The van der Waals surface area contributed by atoms with Gasteiger partial charge < -0.3 is 14.2 Å². The summed E-state index contributed by atoms with van der Waals surface area (Å²) in [6, 6.07) is 14.3. The van der Waals surface area contributed by atoms with E-state index in [4.69, 9.17) is 4.42 Å². The number of hydrogen-bond donors (Lipinski definition) is 0. The zero-order valence-corrected chi connectivity index (χ0v) is 16.3. The van der Waals surface area contributed by atoms with Crippen molar-refractivity contribution in [3.05, 3.63) is 65.8 Å². The largest absolute Gasteiger partial charge is 0.421 e. The summed E-state index contributed by atoms with van der Waals surface area (Å²) in [5.41, 5.74) is 3.02. The van der Waals surface area contributed by atoms with Crippen LogP contribution in [0.4, 0.5) is 10.1 Å². The fourth-order valence-electron chi connectivity index (χ4n) is 3.41. The smallest absolute Gasteiger partial charge is 0.247 e. The third kappa shape index (κ3) is 4.62. The van der Waals surface area contributed by atoms with Crippen LogP contribution < -0.4 is 4.90 Å². The van der Waals surface area contributed by atoms with E-state index in [2.05, 4.69) is 15.1 Å². The molecule has 1 saturated heterocycles. The van der Waals surface area contributed by atoms with E-state index in [-0.39, 0.29) is 11.7 Å². The summed E-state index contributed by atoms with van der Waals surface area (Å²) in [6.07, 6.45) is 0.766. The Morgan fingerprint density at radius 1 is 1.00 bits per heavy atom. The normalized spacial score (nSPS) is 14.3. The monoisotopic (exact) mass is 394 g/mol. The number of anilines is 1. The average Bonchev–Trinajstić information content (AvgIpc) is 3.22. The number of halogens is 1. The number of aromatic nitrogens is 2. The maximum absolute atomic E-state index is 13.1. The molecule has 0 unspecified atom stereocenters. The molecule has 2 aromatic carbocycles. The molecule has 0 spiro atoms. The first-order valence-electron chi connectivity index (χ1n) is 9.76. The van der Waals surface area contributed by atoms with E-state index in [1.54, 1.807) is 12.1 Å². The Kier molecular flexibility index (Phi) is 5.55. The molecule has 29 heavy (non-hydrogen) atoms. The van der Waals surface area contributed by atoms with Crippen molar-refractivity contribution in [3.8, 4) is 11.5 Å². The Hall–Kier alpha value is -3.22. The van der Waals surface area contributed by atoms with Gasteiger partial charge in [0.1, 0.15) is 5.82 Å². The van der Waals surface area contributed by atoms with Crippen molar-refractivity contribution in [2.75, 3.05) is 31.1 Å². The van der Waals surface area contributed by atoms with Gasteiger partial charge in [-0.1, -0.05) is 17.7 Å². The summed E-state index contributed by atoms with van der Waals surface area (Å²) in [7, 11) is 0. The van der Waals surface area contributed by atoms with E-state index < -0.39 is 0 Å². The SMILES string of the molecule is Cc1ccc(-c2nnc(CCC(=O)N3CCN(c4ccc(F)cc4)CC3)o2)cc1. The molecule has 1 aromatic heterocycles. The predicted molar refractivity (Wildman–Crippen MR) is 108 cm³/mol. The molecule has 0 N–H and O–H groups in total. The minimum Gasteiger partial charge on any atom is -0.421 e. The highest BCUT2D eigenvalue weighted by Crippen LogP contribution is 2.20. The molecule has 4 rings (SSSR count). The van der Waals surface area contributed by atoms with Crippen LogP contribution in [-0.2, 0) is 11.2 Å². The van der Waals surface area contributed by atoms with E-state index in [0.29, 0.717) is 37.7 Å². The molecule has 0 radical (unpaired) electrons. The first kappa shape index (κ1) is 19.1. The molecule has 2 heterocycles. The Morgan fingerprint density at radius 3 is 2.38 bits per heavy atom. The number of aryl methyl sites for hydroxylation is 2. The van der Waals surface area contributed by atoms with Gasteiger partial charge in [0.15, 0.2) is 0 Å². The minimum atomic E-state index is -0.242. The zero-order chi connectivity index (χ0) is 20.2. The molecule has 3 aromatic rings. The van der Waals surface area contributed by atoms with Crippen LogP contribution in [-0.4, -0.2) is 47.2 Å². The molecule has 1 fully saturated rings. The van der Waals surface area contributed by atoms with Crippen LogP contribution in [0.15, 0.2) is 52.9 Å². The molecule has 1 amide bonds. The van der Waals surface area contributed by atoms with Gasteiger partial charge in [0.2, 0.25) is 17.7 Å². The second-order valence-corrected chi connectivity index (χ2v) is 7.21. The van der Waals surface area contributed by atoms with Crippen LogP contribution in [0.1, 0.15) is 17.9 Å². The topological polar surface area (TPSA) is 62.5 Å². The maximum Gasteiger partial charge on any atom is 0.247 e. The number of nitrogens with zero attached hydrogens (tertiary/aromatic N) is 4. The molecule has 0 aliphatic carbocycles. The Balaban J connectivity index is 1.27. The minimum absolute atomic E-state index is 0.0823. The summed E-state index contributed by atoms with van der Waals surface area (Å²) >= 11 is 0. The predicted octanol–water partition coefficient (Wildman–Crippen LogP) is 3.47. The second kappa shape index (κ2) is 8.43. The third-order valence-corrected chi connectivity index (χ3v) is 5.14. The van der Waals surface area contributed by atoms with E-state index >= 15 is 0 Å². The highest BCUT2D eigenvalue weighted by Gasteiger charge is 2.22. The van der Waals surface area contributed by atoms with Crippen molar-refractivity contribution in [2.24, 2.45) is 0 Å². The van der Waals surface area contributed by atoms with Crippen molar-refractivity contribution in [3.63, 3.8) is 0 Å². The van der Waals surface area contributed by atoms with Crippen LogP contribution in [0, 0.1) is 12.7 Å². The van der Waals surface area contributed by atoms with Gasteiger partial charge in [0.05, 0.1) is 0 Å². The quantitative estimate of drug-likeness (QED) is 0.663. The van der Waals surface area contributed by atoms with Crippen LogP contribution in [0.3, 0.4) is 0 Å². The van der Waals surface area contributed by atoms with E-state index in [1.807, 2.05) is 36.1 Å². The number of carbonyl (C=O) groups excluding carboxylic acids is 1. The van der Waals surface area contributed by atoms with Crippen LogP contribution in [0.2, 0.25) is 0 Å². The Bertz CT molecular complexity index is 961. The number of piperazine rings is 1. The van der Waals surface area contributed by atoms with Gasteiger partial charge >= 0.3 is 0 Å². The fraction of sp³-hybridized carbons (Fsp3) is 0.318. The maximum atomic E-state index is 13.1. The number of hydrogen-bond acceptors (Lipinski definition) is 5. The van der Waals surface area contributed by atoms with Crippen LogP contribution in [0.5, 0.6) is 0 Å². The summed E-state index contributed by atoms with van der Waals surface area (Å²) in [6.45, 7) is 4.78. The summed E-state index contributed by atoms with van der Waals surface area (Å²) in [5.74, 6) is 0.784. The molecule has 150 valence electrons. The first-order chi connectivity index (χ1) is 14.1. The lowest BCUT2D eigenvalue weighted by Crippen LogP contribution is -2.48. The number of amides is 1. The lowest BCUT2D eigenvalue weighted by atomic mass is 10.1. The van der Waals surface area contributed by atoms with E-state index in [1.165, 1.54) is 17.7 Å². The molecule has 0 atom stereocenters. The van der Waals surface area contributed by atoms with Gasteiger partial charge in [-0.3, -0.25) is 4.79 Å². The zero-order valence-electron chi connectivity index (χ0n) is 16.3. The van der Waals surface area contributed by atoms with Crippen molar-refractivity contribution in [1.82, 2.24) is 15.1 Å². The molecule has 0 bridgehead atoms. The first-order valence-corrected chi connectivity index (χ1v) is 9.76. The van der Waals surface area contributed by atoms with Crippen molar-refractivity contribution >= 4 is 11.6 Å². The van der Waals surface area contributed by atoms with Crippen molar-refractivity contribution in [2.45, 2.75) is 19.8 Å². The van der Waals surface area contributed by atoms with Crippen molar-refractivity contribution < 1.29 is 13.6 Å². The summed E-state index contributed by atoms with van der Waals surface area (Å²) < 4.78 is 18.8. The molecule has 1 aliphatic heterocycles.